The van der Waals surface area contributed by atoms with Crippen LogP contribution in [0, 0.1) is 5.82 Å². The lowest BCUT2D eigenvalue weighted by Crippen LogP contribution is -2.15. The van der Waals surface area contributed by atoms with Crippen LogP contribution in [0.15, 0.2) is 78.9 Å². The van der Waals surface area contributed by atoms with Gasteiger partial charge in [0.1, 0.15) is 5.82 Å². The van der Waals surface area contributed by atoms with E-state index in [-0.39, 0.29) is 11.5 Å². The summed E-state index contributed by atoms with van der Waals surface area (Å²) in [6, 6.07) is 20.0. The molecule has 0 aliphatic heterocycles. The Kier molecular flexibility index (Phi) is 5.91. The first-order valence-electron chi connectivity index (χ1n) is 8.45. The molecule has 5 nitrogen and oxygen atoms in total. The highest BCUT2D eigenvalue weighted by Crippen LogP contribution is 2.13. The molecular weight excluding hydrogens is 361 g/mol. The average molecular weight is 377 g/mol. The maximum absolute atomic E-state index is 13.1. The lowest BCUT2D eigenvalue weighted by atomic mass is 10.1. The van der Waals surface area contributed by atoms with Gasteiger partial charge in [0.05, 0.1) is 5.56 Å². The molecule has 1 N–H and O–H groups in total. The zero-order chi connectivity index (χ0) is 19.9. The zero-order valence-electron chi connectivity index (χ0n) is 14.7. The van der Waals surface area contributed by atoms with Crippen LogP contribution in [0.4, 0.5) is 10.1 Å². The highest BCUT2D eigenvalue weighted by Gasteiger charge is 2.13. The summed E-state index contributed by atoms with van der Waals surface area (Å²) in [5, 5.41) is 2.73. The Labute approximate surface area is 160 Å². The minimum absolute atomic E-state index is 0.0340. The molecule has 0 aromatic heterocycles. The highest BCUT2D eigenvalue weighted by atomic mass is 19.1. The molecule has 0 fully saturated rings. The van der Waals surface area contributed by atoms with Gasteiger partial charge in [-0.2, -0.15) is 0 Å². The van der Waals surface area contributed by atoms with E-state index in [9.17, 15) is 18.8 Å². The van der Waals surface area contributed by atoms with Crippen molar-refractivity contribution in [2.45, 2.75) is 0 Å². The number of benzene rings is 3. The Balaban J connectivity index is 1.56. The second-order valence-corrected chi connectivity index (χ2v) is 5.91. The number of rotatable bonds is 6. The quantitative estimate of drug-likeness (QED) is 0.518. The number of hydrogen-bond donors (Lipinski definition) is 1. The van der Waals surface area contributed by atoms with Crippen LogP contribution < -0.4 is 5.32 Å². The lowest BCUT2D eigenvalue weighted by molar-refractivity contribution is 0.0474. The third kappa shape index (κ3) is 4.88. The molecule has 0 aliphatic rings. The maximum atomic E-state index is 13.1. The smallest absolute Gasteiger partial charge is 0.338 e. The Morgan fingerprint density at radius 3 is 2.14 bits per heavy atom. The molecular formula is C22H16FNO4. The molecule has 0 aliphatic carbocycles. The summed E-state index contributed by atoms with van der Waals surface area (Å²) in [5.41, 5.74) is 1.41. The Bertz CT molecular complexity index is 1000. The summed E-state index contributed by atoms with van der Waals surface area (Å²) in [5.74, 6) is -2.01. The number of carbonyl (C=O) groups excluding carboxylic acids is 3. The summed E-state index contributed by atoms with van der Waals surface area (Å²) in [7, 11) is 0. The third-order valence-electron chi connectivity index (χ3n) is 3.90. The van der Waals surface area contributed by atoms with E-state index >= 15 is 0 Å². The molecule has 0 spiro atoms. The fourth-order valence-electron chi connectivity index (χ4n) is 2.45. The average Bonchev–Trinajstić information content (AvgIpc) is 2.73. The van der Waals surface area contributed by atoms with Crippen molar-refractivity contribution < 1.29 is 23.5 Å². The van der Waals surface area contributed by atoms with E-state index < -0.39 is 24.2 Å². The van der Waals surface area contributed by atoms with Crippen LogP contribution in [-0.2, 0) is 4.74 Å². The van der Waals surface area contributed by atoms with Crippen LogP contribution in [0.1, 0.15) is 31.1 Å². The van der Waals surface area contributed by atoms with Gasteiger partial charge in [0, 0.05) is 16.8 Å². The molecule has 140 valence electrons. The summed E-state index contributed by atoms with van der Waals surface area (Å²) in [6.07, 6.45) is 0. The molecule has 3 rings (SSSR count). The zero-order valence-corrected chi connectivity index (χ0v) is 14.7. The Morgan fingerprint density at radius 2 is 1.46 bits per heavy atom. The first-order valence-corrected chi connectivity index (χ1v) is 8.45. The first-order chi connectivity index (χ1) is 13.5. The molecule has 3 aromatic rings. The highest BCUT2D eigenvalue weighted by molar-refractivity contribution is 6.04. The fourth-order valence-corrected chi connectivity index (χ4v) is 2.45. The fraction of sp³-hybridized carbons (Fsp3) is 0.0455. The largest absolute Gasteiger partial charge is 0.454 e. The van der Waals surface area contributed by atoms with Crippen LogP contribution in [0.2, 0.25) is 0 Å². The third-order valence-corrected chi connectivity index (χ3v) is 3.90. The number of ketones is 1. The molecule has 0 radical (unpaired) electrons. The summed E-state index contributed by atoms with van der Waals surface area (Å²) < 4.78 is 18.1. The van der Waals surface area contributed by atoms with Crippen LogP contribution in [0.25, 0.3) is 0 Å². The van der Waals surface area contributed by atoms with E-state index in [1.54, 1.807) is 36.4 Å². The number of Topliss-reactive ketones (excluding diaryl/α,β-unsaturated/α-hetero) is 1. The van der Waals surface area contributed by atoms with Crippen LogP contribution in [-0.4, -0.2) is 24.3 Å². The molecule has 6 heteroatoms. The topological polar surface area (TPSA) is 72.5 Å². The maximum Gasteiger partial charge on any atom is 0.338 e. The summed E-state index contributed by atoms with van der Waals surface area (Å²) in [4.78, 5) is 36.1. The number of carbonyl (C=O) groups is 3. The monoisotopic (exact) mass is 377 g/mol. The molecule has 0 unspecified atom stereocenters. The van der Waals surface area contributed by atoms with E-state index in [0.717, 1.165) is 6.07 Å². The van der Waals surface area contributed by atoms with Gasteiger partial charge < -0.3 is 10.1 Å². The van der Waals surface area contributed by atoms with E-state index in [2.05, 4.69) is 5.32 Å². The van der Waals surface area contributed by atoms with Crippen LogP contribution in [0.3, 0.4) is 0 Å². The van der Waals surface area contributed by atoms with Gasteiger partial charge in [0.2, 0.25) is 0 Å². The van der Waals surface area contributed by atoms with Crippen molar-refractivity contribution in [3.8, 4) is 0 Å². The van der Waals surface area contributed by atoms with Crippen molar-refractivity contribution in [3.63, 3.8) is 0 Å². The van der Waals surface area contributed by atoms with Crippen molar-refractivity contribution >= 4 is 23.3 Å². The molecule has 0 saturated carbocycles. The number of hydrogen-bond acceptors (Lipinski definition) is 4. The summed E-state index contributed by atoms with van der Waals surface area (Å²) >= 11 is 0. The number of halogens is 1. The predicted octanol–water partition coefficient (Wildman–Crippen LogP) is 4.12. The van der Waals surface area contributed by atoms with Crippen LogP contribution >= 0.6 is 0 Å². The van der Waals surface area contributed by atoms with Crippen molar-refractivity contribution in [3.05, 3.63) is 101 Å². The van der Waals surface area contributed by atoms with Gasteiger partial charge >= 0.3 is 5.97 Å². The van der Waals surface area contributed by atoms with Gasteiger partial charge in [-0.15, -0.1) is 0 Å². The number of esters is 1. The minimum atomic E-state index is -0.778. The number of nitrogens with one attached hydrogen (secondary N) is 1. The molecule has 3 aromatic carbocycles. The van der Waals surface area contributed by atoms with Crippen molar-refractivity contribution in [1.82, 2.24) is 0 Å². The lowest BCUT2D eigenvalue weighted by Gasteiger charge is -2.07. The molecule has 0 saturated heterocycles. The Morgan fingerprint density at radius 1 is 0.786 bits per heavy atom. The minimum Gasteiger partial charge on any atom is -0.454 e. The van der Waals surface area contributed by atoms with Gasteiger partial charge in [-0.05, 0) is 54.6 Å². The van der Waals surface area contributed by atoms with Gasteiger partial charge in [-0.25, -0.2) is 9.18 Å². The second kappa shape index (κ2) is 8.73. The normalized spacial score (nSPS) is 10.2. The standard InChI is InChI=1S/C22H16FNO4/c23-18-8-4-7-17(13-18)22(27)28-14-20(25)15-9-11-19(12-10-15)24-21(26)16-5-2-1-3-6-16/h1-13H,14H2,(H,24,26). The van der Waals surface area contributed by atoms with Crippen molar-refractivity contribution in [1.29, 1.82) is 0 Å². The van der Waals surface area contributed by atoms with Gasteiger partial charge in [0.15, 0.2) is 12.4 Å². The van der Waals surface area contributed by atoms with Crippen LogP contribution in [0.5, 0.6) is 0 Å². The predicted molar refractivity (Wildman–Crippen MR) is 102 cm³/mol. The van der Waals surface area contributed by atoms with Crippen molar-refractivity contribution in [2.75, 3.05) is 11.9 Å². The SMILES string of the molecule is O=C(COC(=O)c1cccc(F)c1)c1ccc(NC(=O)c2ccccc2)cc1. The van der Waals surface area contributed by atoms with E-state index in [0.29, 0.717) is 16.8 Å². The van der Waals surface area contributed by atoms with Gasteiger partial charge in [0.25, 0.3) is 5.91 Å². The number of amides is 1. The molecule has 0 heterocycles. The second-order valence-electron chi connectivity index (χ2n) is 5.91. The van der Waals surface area contributed by atoms with Gasteiger partial charge in [-0.1, -0.05) is 24.3 Å². The van der Waals surface area contributed by atoms with Gasteiger partial charge in [-0.3, -0.25) is 9.59 Å². The summed E-state index contributed by atoms with van der Waals surface area (Å²) in [6.45, 7) is -0.467. The number of ether oxygens (including phenoxy) is 1. The van der Waals surface area contributed by atoms with E-state index in [1.807, 2.05) is 6.07 Å². The molecule has 1 amide bonds. The molecule has 0 atom stereocenters. The number of anilines is 1. The van der Waals surface area contributed by atoms with E-state index in [1.165, 1.54) is 30.3 Å². The molecule has 0 bridgehead atoms. The molecule has 28 heavy (non-hydrogen) atoms. The van der Waals surface area contributed by atoms with E-state index in [4.69, 9.17) is 4.74 Å². The first kappa shape index (κ1) is 19.0. The Hall–Kier alpha value is -3.80. The van der Waals surface area contributed by atoms with Crippen molar-refractivity contribution in [2.24, 2.45) is 0 Å².